The Bertz CT molecular complexity index is 518. The lowest BCUT2D eigenvalue weighted by Crippen LogP contribution is -2.40. The SMILES string of the molecule is CC1CCN(C[C@H](O)COc2ccc(F)cc2[N+](=O)[O-])CC1. The number of hydrogen-bond donors (Lipinski definition) is 1. The Kier molecular flexibility index (Phi) is 5.68. The summed E-state index contributed by atoms with van der Waals surface area (Å²) in [5.74, 6) is -0.00809. The Labute approximate surface area is 128 Å². The van der Waals surface area contributed by atoms with Gasteiger partial charge in [-0.15, -0.1) is 0 Å². The molecule has 6 nitrogen and oxygen atoms in total. The van der Waals surface area contributed by atoms with Crippen molar-refractivity contribution in [3.63, 3.8) is 0 Å². The van der Waals surface area contributed by atoms with Crippen LogP contribution in [0.2, 0.25) is 0 Å². The first-order chi connectivity index (χ1) is 10.5. The van der Waals surface area contributed by atoms with Gasteiger partial charge in [-0.05, 0) is 44.0 Å². The van der Waals surface area contributed by atoms with Gasteiger partial charge in [-0.2, -0.15) is 0 Å². The van der Waals surface area contributed by atoms with Gasteiger partial charge in [-0.1, -0.05) is 6.92 Å². The highest BCUT2D eigenvalue weighted by Gasteiger charge is 2.20. The number of piperidine rings is 1. The van der Waals surface area contributed by atoms with Crippen molar-refractivity contribution in [2.24, 2.45) is 5.92 Å². The Hall–Kier alpha value is -1.73. The van der Waals surface area contributed by atoms with Crippen LogP contribution in [0.1, 0.15) is 19.8 Å². The molecule has 1 aliphatic rings. The first-order valence-corrected chi connectivity index (χ1v) is 7.43. The van der Waals surface area contributed by atoms with E-state index in [1.807, 2.05) is 0 Å². The van der Waals surface area contributed by atoms with Crippen LogP contribution in [0.5, 0.6) is 5.75 Å². The summed E-state index contributed by atoms with van der Waals surface area (Å²) < 4.78 is 18.3. The van der Waals surface area contributed by atoms with E-state index in [2.05, 4.69) is 11.8 Å². The van der Waals surface area contributed by atoms with Gasteiger partial charge < -0.3 is 14.7 Å². The zero-order chi connectivity index (χ0) is 16.1. The number of nitro groups is 1. The van der Waals surface area contributed by atoms with Crippen molar-refractivity contribution in [3.05, 3.63) is 34.1 Å². The molecule has 0 saturated carbocycles. The van der Waals surface area contributed by atoms with Crippen LogP contribution in [0.3, 0.4) is 0 Å². The monoisotopic (exact) mass is 312 g/mol. The number of rotatable bonds is 6. The van der Waals surface area contributed by atoms with Crippen LogP contribution in [-0.2, 0) is 0 Å². The topological polar surface area (TPSA) is 75.8 Å². The van der Waals surface area contributed by atoms with Gasteiger partial charge in [-0.3, -0.25) is 10.1 Å². The Morgan fingerprint density at radius 3 is 2.82 bits per heavy atom. The van der Waals surface area contributed by atoms with Crippen molar-refractivity contribution >= 4 is 5.69 Å². The molecular formula is C15H21FN2O4. The third kappa shape index (κ3) is 4.64. The minimum absolute atomic E-state index is 0.0299. The Morgan fingerprint density at radius 2 is 2.18 bits per heavy atom. The van der Waals surface area contributed by atoms with Crippen molar-refractivity contribution in [3.8, 4) is 5.75 Å². The van der Waals surface area contributed by atoms with Gasteiger partial charge in [0.25, 0.3) is 0 Å². The molecule has 1 aromatic rings. The molecule has 1 fully saturated rings. The first-order valence-electron chi connectivity index (χ1n) is 7.43. The molecule has 1 aromatic carbocycles. The minimum Gasteiger partial charge on any atom is -0.484 e. The van der Waals surface area contributed by atoms with Gasteiger partial charge >= 0.3 is 5.69 Å². The van der Waals surface area contributed by atoms with Crippen LogP contribution in [0.4, 0.5) is 10.1 Å². The van der Waals surface area contributed by atoms with E-state index in [1.165, 1.54) is 6.07 Å². The molecule has 22 heavy (non-hydrogen) atoms. The van der Waals surface area contributed by atoms with Crippen molar-refractivity contribution < 1.29 is 19.2 Å². The third-order valence-electron chi connectivity index (χ3n) is 3.89. The predicted octanol–water partition coefficient (Wildman–Crippen LogP) is 2.21. The maximum atomic E-state index is 13.0. The van der Waals surface area contributed by atoms with E-state index in [1.54, 1.807) is 0 Å². The number of hydrogen-bond acceptors (Lipinski definition) is 5. The summed E-state index contributed by atoms with van der Waals surface area (Å²) in [6.45, 7) is 4.51. The van der Waals surface area contributed by atoms with E-state index in [0.29, 0.717) is 12.5 Å². The summed E-state index contributed by atoms with van der Waals surface area (Å²) in [6.07, 6.45) is 1.48. The summed E-state index contributed by atoms with van der Waals surface area (Å²) in [5.41, 5.74) is -0.431. The molecule has 0 spiro atoms. The fourth-order valence-electron chi connectivity index (χ4n) is 2.54. The maximum absolute atomic E-state index is 13.0. The second-order valence-electron chi connectivity index (χ2n) is 5.82. The standard InChI is InChI=1S/C15H21FN2O4/c1-11-4-6-17(7-5-11)9-13(19)10-22-15-3-2-12(16)8-14(15)18(20)21/h2-3,8,11,13,19H,4-7,9-10H2,1H3/t13-/m0/s1. The van der Waals surface area contributed by atoms with Gasteiger partial charge in [0.1, 0.15) is 18.5 Å². The molecule has 0 bridgehead atoms. The molecule has 0 amide bonds. The fourth-order valence-corrected chi connectivity index (χ4v) is 2.54. The minimum atomic E-state index is -0.738. The molecule has 122 valence electrons. The lowest BCUT2D eigenvalue weighted by Gasteiger charge is -2.31. The van der Waals surface area contributed by atoms with Crippen LogP contribution in [0.25, 0.3) is 0 Å². The summed E-state index contributed by atoms with van der Waals surface area (Å²) in [7, 11) is 0. The number of β-amino-alcohol motifs (C(OH)–C–C–N with tert-alkyl or cyclic N) is 1. The zero-order valence-electron chi connectivity index (χ0n) is 12.6. The van der Waals surface area contributed by atoms with Crippen LogP contribution < -0.4 is 4.74 Å². The van der Waals surface area contributed by atoms with Gasteiger partial charge in [-0.25, -0.2) is 4.39 Å². The van der Waals surface area contributed by atoms with E-state index >= 15 is 0 Å². The number of nitrogens with zero attached hydrogens (tertiary/aromatic N) is 2. The highest BCUT2D eigenvalue weighted by atomic mass is 19.1. The Balaban J connectivity index is 1.86. The summed E-state index contributed by atoms with van der Waals surface area (Å²) >= 11 is 0. The third-order valence-corrected chi connectivity index (χ3v) is 3.89. The lowest BCUT2D eigenvalue weighted by atomic mass is 9.99. The molecule has 1 heterocycles. The number of benzene rings is 1. The Morgan fingerprint density at radius 1 is 1.50 bits per heavy atom. The zero-order valence-corrected chi connectivity index (χ0v) is 12.6. The predicted molar refractivity (Wildman–Crippen MR) is 79.4 cm³/mol. The van der Waals surface area contributed by atoms with E-state index in [4.69, 9.17) is 4.74 Å². The van der Waals surface area contributed by atoms with Crippen LogP contribution in [0, 0.1) is 21.8 Å². The molecule has 1 N–H and O–H groups in total. The molecule has 7 heteroatoms. The average molecular weight is 312 g/mol. The molecule has 1 saturated heterocycles. The van der Waals surface area contributed by atoms with E-state index < -0.39 is 22.5 Å². The smallest absolute Gasteiger partial charge is 0.313 e. The average Bonchev–Trinajstić information content (AvgIpc) is 2.48. The number of likely N-dealkylation sites (tertiary alicyclic amines) is 1. The van der Waals surface area contributed by atoms with E-state index in [0.717, 1.165) is 38.1 Å². The highest BCUT2D eigenvalue weighted by molar-refractivity contribution is 5.46. The van der Waals surface area contributed by atoms with Crippen molar-refractivity contribution in [2.45, 2.75) is 25.9 Å². The van der Waals surface area contributed by atoms with Crippen LogP contribution in [-0.4, -0.2) is 47.3 Å². The number of nitro benzene ring substituents is 1. The molecule has 2 rings (SSSR count). The number of aliphatic hydroxyl groups excluding tert-OH is 1. The van der Waals surface area contributed by atoms with Crippen LogP contribution >= 0.6 is 0 Å². The van der Waals surface area contributed by atoms with Crippen LogP contribution in [0.15, 0.2) is 18.2 Å². The van der Waals surface area contributed by atoms with Gasteiger partial charge in [0, 0.05) is 6.54 Å². The molecule has 1 atom stereocenters. The van der Waals surface area contributed by atoms with Crippen molar-refractivity contribution in [1.82, 2.24) is 4.90 Å². The largest absolute Gasteiger partial charge is 0.484 e. The number of ether oxygens (including phenoxy) is 1. The first kappa shape index (κ1) is 16.6. The molecule has 0 aromatic heterocycles. The molecule has 0 unspecified atom stereocenters. The van der Waals surface area contributed by atoms with Gasteiger partial charge in [0.15, 0.2) is 5.75 Å². The number of aliphatic hydroxyl groups is 1. The lowest BCUT2D eigenvalue weighted by molar-refractivity contribution is -0.386. The molecular weight excluding hydrogens is 291 g/mol. The summed E-state index contributed by atoms with van der Waals surface area (Å²) in [4.78, 5) is 12.3. The quantitative estimate of drug-likeness (QED) is 0.644. The van der Waals surface area contributed by atoms with Gasteiger partial charge in [0.05, 0.1) is 11.0 Å². The summed E-state index contributed by atoms with van der Waals surface area (Å²) in [6, 6.07) is 3.12. The second-order valence-corrected chi connectivity index (χ2v) is 5.82. The van der Waals surface area contributed by atoms with E-state index in [-0.39, 0.29) is 12.4 Å². The summed E-state index contributed by atoms with van der Waals surface area (Å²) in [5, 5.41) is 20.9. The molecule has 0 aliphatic carbocycles. The molecule has 1 aliphatic heterocycles. The highest BCUT2D eigenvalue weighted by Crippen LogP contribution is 2.27. The van der Waals surface area contributed by atoms with Crippen molar-refractivity contribution in [1.29, 1.82) is 0 Å². The fraction of sp³-hybridized carbons (Fsp3) is 0.600. The van der Waals surface area contributed by atoms with E-state index in [9.17, 15) is 19.6 Å². The van der Waals surface area contributed by atoms with Gasteiger partial charge in [0.2, 0.25) is 0 Å². The maximum Gasteiger partial charge on any atom is 0.313 e. The normalized spacial score (nSPS) is 18.1. The molecule has 0 radical (unpaired) electrons. The number of halogens is 1. The van der Waals surface area contributed by atoms with Crippen molar-refractivity contribution in [2.75, 3.05) is 26.2 Å². The second kappa shape index (κ2) is 7.51.